The van der Waals surface area contributed by atoms with E-state index in [-0.39, 0.29) is 11.8 Å². The first-order valence-electron chi connectivity index (χ1n) is 4.81. The number of rotatable bonds is 2. The third kappa shape index (κ3) is 2.11. The molecule has 1 aromatic heterocycles. The van der Waals surface area contributed by atoms with Crippen molar-refractivity contribution in [2.24, 2.45) is 11.7 Å². The zero-order chi connectivity index (χ0) is 10.8. The molecule has 2 heterocycles. The van der Waals surface area contributed by atoms with Gasteiger partial charge in [0.05, 0.1) is 16.9 Å². The van der Waals surface area contributed by atoms with Crippen LogP contribution < -0.4 is 10.6 Å². The first-order chi connectivity index (χ1) is 7.20. The lowest BCUT2D eigenvalue weighted by Gasteiger charge is -2.15. The van der Waals surface area contributed by atoms with Gasteiger partial charge < -0.3 is 10.6 Å². The Morgan fingerprint density at radius 1 is 1.60 bits per heavy atom. The Bertz CT molecular complexity index is 383. The molecule has 15 heavy (non-hydrogen) atoms. The van der Waals surface area contributed by atoms with Crippen molar-refractivity contribution in [3.63, 3.8) is 0 Å². The van der Waals surface area contributed by atoms with Gasteiger partial charge in [0.2, 0.25) is 5.91 Å². The second-order valence-corrected chi connectivity index (χ2v) is 4.11. The summed E-state index contributed by atoms with van der Waals surface area (Å²) in [6.07, 6.45) is 3.71. The molecule has 0 bridgehead atoms. The lowest BCUT2D eigenvalue weighted by molar-refractivity contribution is -0.117. The fourth-order valence-corrected chi connectivity index (χ4v) is 1.91. The third-order valence-corrected chi connectivity index (χ3v) is 2.75. The number of carbonyl (C=O) groups excluding carboxylic acids is 1. The number of anilines is 1. The smallest absolute Gasteiger partial charge is 0.227 e. The van der Waals surface area contributed by atoms with Crippen molar-refractivity contribution >= 4 is 23.2 Å². The molecule has 5 heteroatoms. The van der Waals surface area contributed by atoms with Crippen LogP contribution >= 0.6 is 11.6 Å². The fraction of sp³-hybridized carbons (Fsp3) is 0.400. The van der Waals surface area contributed by atoms with Gasteiger partial charge in [0.1, 0.15) is 0 Å². The Morgan fingerprint density at radius 2 is 2.40 bits per heavy atom. The van der Waals surface area contributed by atoms with Crippen molar-refractivity contribution in [1.82, 2.24) is 4.98 Å². The zero-order valence-electron chi connectivity index (χ0n) is 8.19. The van der Waals surface area contributed by atoms with Gasteiger partial charge in [-0.05, 0) is 18.5 Å². The molecule has 4 nitrogen and oxygen atoms in total. The van der Waals surface area contributed by atoms with Crippen LogP contribution in [0.4, 0.5) is 5.69 Å². The molecule has 1 aliphatic rings. The second-order valence-electron chi connectivity index (χ2n) is 3.67. The van der Waals surface area contributed by atoms with Crippen LogP contribution in [-0.2, 0) is 4.79 Å². The van der Waals surface area contributed by atoms with Crippen LogP contribution in [0.25, 0.3) is 0 Å². The van der Waals surface area contributed by atoms with Crippen molar-refractivity contribution in [1.29, 1.82) is 0 Å². The highest BCUT2D eigenvalue weighted by atomic mass is 35.5. The molecule has 80 valence electrons. The average molecular weight is 226 g/mol. The lowest BCUT2D eigenvalue weighted by atomic mass is 10.1. The van der Waals surface area contributed by atoms with Crippen molar-refractivity contribution in [2.45, 2.75) is 6.42 Å². The van der Waals surface area contributed by atoms with Crippen LogP contribution in [0.5, 0.6) is 0 Å². The van der Waals surface area contributed by atoms with E-state index in [1.807, 2.05) is 0 Å². The molecular weight excluding hydrogens is 214 g/mol. The van der Waals surface area contributed by atoms with Gasteiger partial charge in [-0.3, -0.25) is 9.78 Å². The Morgan fingerprint density at radius 3 is 3.00 bits per heavy atom. The van der Waals surface area contributed by atoms with Crippen molar-refractivity contribution < 1.29 is 4.79 Å². The molecule has 1 fully saturated rings. The minimum absolute atomic E-state index is 0.0921. The molecule has 1 atom stereocenters. The van der Waals surface area contributed by atoms with E-state index in [4.69, 9.17) is 17.3 Å². The minimum atomic E-state index is 0.0921. The van der Waals surface area contributed by atoms with E-state index in [2.05, 4.69) is 4.98 Å². The van der Waals surface area contributed by atoms with Crippen LogP contribution in [0.15, 0.2) is 18.5 Å². The number of amides is 1. The van der Waals surface area contributed by atoms with Crippen LogP contribution in [0.3, 0.4) is 0 Å². The van der Waals surface area contributed by atoms with E-state index < -0.39 is 0 Å². The summed E-state index contributed by atoms with van der Waals surface area (Å²) in [5.74, 6) is 0.339. The maximum atomic E-state index is 11.7. The maximum Gasteiger partial charge on any atom is 0.227 e. The van der Waals surface area contributed by atoms with Gasteiger partial charge in [0.25, 0.3) is 0 Å². The van der Waals surface area contributed by atoms with Crippen molar-refractivity contribution in [2.75, 3.05) is 18.0 Å². The van der Waals surface area contributed by atoms with Gasteiger partial charge in [-0.15, -0.1) is 0 Å². The largest absolute Gasteiger partial charge is 0.330 e. The van der Waals surface area contributed by atoms with E-state index in [0.29, 0.717) is 24.5 Å². The van der Waals surface area contributed by atoms with E-state index >= 15 is 0 Å². The first-order valence-corrected chi connectivity index (χ1v) is 5.19. The van der Waals surface area contributed by atoms with Crippen LogP contribution in [0.1, 0.15) is 6.42 Å². The summed E-state index contributed by atoms with van der Waals surface area (Å²) in [6, 6.07) is 1.74. The minimum Gasteiger partial charge on any atom is -0.330 e. The predicted molar refractivity (Wildman–Crippen MR) is 58.8 cm³/mol. The number of carbonyl (C=O) groups is 1. The summed E-state index contributed by atoms with van der Waals surface area (Å²) in [5.41, 5.74) is 6.30. The molecule has 1 unspecified atom stereocenters. The molecular formula is C10H12ClN3O. The molecule has 2 N–H and O–H groups in total. The van der Waals surface area contributed by atoms with E-state index in [1.165, 1.54) is 0 Å². The highest BCUT2D eigenvalue weighted by Gasteiger charge is 2.29. The monoisotopic (exact) mass is 225 g/mol. The lowest BCUT2D eigenvalue weighted by Crippen LogP contribution is -2.25. The van der Waals surface area contributed by atoms with Gasteiger partial charge in [-0.2, -0.15) is 0 Å². The van der Waals surface area contributed by atoms with Crippen LogP contribution in [0.2, 0.25) is 5.02 Å². The van der Waals surface area contributed by atoms with Crippen molar-refractivity contribution in [3.8, 4) is 0 Å². The average Bonchev–Trinajstić information content (AvgIpc) is 2.60. The van der Waals surface area contributed by atoms with E-state index in [0.717, 1.165) is 5.69 Å². The normalized spacial score (nSPS) is 21.1. The van der Waals surface area contributed by atoms with Crippen LogP contribution in [-0.4, -0.2) is 24.0 Å². The predicted octanol–water partition coefficient (Wildman–Crippen LogP) is 1.05. The van der Waals surface area contributed by atoms with Crippen molar-refractivity contribution in [3.05, 3.63) is 23.5 Å². The Kier molecular flexibility index (Phi) is 2.88. The van der Waals surface area contributed by atoms with Crippen LogP contribution in [0, 0.1) is 5.92 Å². The summed E-state index contributed by atoms with van der Waals surface area (Å²) in [7, 11) is 0. The van der Waals surface area contributed by atoms with Gasteiger partial charge in [-0.1, -0.05) is 11.6 Å². The Balaban J connectivity index is 2.21. The standard InChI is InChI=1S/C10H12ClN3O/c11-8-2-9(5-13-4-8)14-6-7(3-12)1-10(14)15/h2,4-5,7H,1,3,6,12H2. The summed E-state index contributed by atoms with van der Waals surface area (Å²) >= 11 is 5.82. The highest BCUT2D eigenvalue weighted by Crippen LogP contribution is 2.25. The molecule has 1 amide bonds. The quantitative estimate of drug-likeness (QED) is 0.819. The molecule has 1 aliphatic heterocycles. The molecule has 0 radical (unpaired) electrons. The van der Waals surface area contributed by atoms with E-state index in [1.54, 1.807) is 23.4 Å². The SMILES string of the molecule is NCC1CC(=O)N(c2cncc(Cl)c2)C1. The van der Waals surface area contributed by atoms with Gasteiger partial charge in [0.15, 0.2) is 0 Å². The van der Waals surface area contributed by atoms with Gasteiger partial charge in [-0.25, -0.2) is 0 Å². The summed E-state index contributed by atoms with van der Waals surface area (Å²) in [6.45, 7) is 1.20. The van der Waals surface area contributed by atoms with E-state index in [9.17, 15) is 4.79 Å². The Hall–Kier alpha value is -1.13. The summed E-state index contributed by atoms with van der Waals surface area (Å²) < 4.78 is 0. The molecule has 0 spiro atoms. The molecule has 1 aromatic rings. The first kappa shape index (κ1) is 10.4. The number of pyridine rings is 1. The summed E-state index contributed by atoms with van der Waals surface area (Å²) in [5, 5.41) is 0.538. The molecule has 1 saturated heterocycles. The summed E-state index contributed by atoms with van der Waals surface area (Å²) in [4.78, 5) is 17.3. The fourth-order valence-electron chi connectivity index (χ4n) is 1.74. The molecule has 2 rings (SSSR count). The van der Waals surface area contributed by atoms with Gasteiger partial charge >= 0.3 is 0 Å². The highest BCUT2D eigenvalue weighted by molar-refractivity contribution is 6.30. The maximum absolute atomic E-state index is 11.7. The molecule has 0 aromatic carbocycles. The number of halogens is 1. The topological polar surface area (TPSA) is 59.2 Å². The number of nitrogens with two attached hydrogens (primary N) is 1. The third-order valence-electron chi connectivity index (χ3n) is 2.54. The molecule has 0 saturated carbocycles. The van der Waals surface area contributed by atoms with Gasteiger partial charge in [0, 0.05) is 19.2 Å². The Labute approximate surface area is 93.0 Å². The second kappa shape index (κ2) is 4.16. The number of hydrogen-bond donors (Lipinski definition) is 1. The zero-order valence-corrected chi connectivity index (χ0v) is 8.94. The number of aromatic nitrogens is 1. The number of nitrogens with zero attached hydrogens (tertiary/aromatic N) is 2. The number of hydrogen-bond acceptors (Lipinski definition) is 3. The molecule has 0 aliphatic carbocycles.